The lowest BCUT2D eigenvalue weighted by atomic mass is 10.0. The number of nitrogens with zero attached hydrogens (tertiary/aromatic N) is 1. The number of benzene rings is 3. The average Bonchev–Trinajstić information content (AvgIpc) is 2.64. The Balaban J connectivity index is 1.76. The van der Waals surface area contributed by atoms with E-state index in [9.17, 15) is 10.0 Å². The Labute approximate surface area is 151 Å². The number of hydrogen-bond donors (Lipinski definition) is 4. The first-order valence-corrected chi connectivity index (χ1v) is 8.27. The molecule has 4 N–H and O–H groups in total. The Bertz CT molecular complexity index is 929. The second-order valence-electron chi connectivity index (χ2n) is 6.04. The first kappa shape index (κ1) is 16.1. The first-order valence-electron chi connectivity index (χ1n) is 8.27. The third-order valence-electron chi connectivity index (χ3n) is 4.14. The van der Waals surface area contributed by atoms with Crippen LogP contribution in [0.2, 0.25) is 0 Å². The van der Waals surface area contributed by atoms with Crippen molar-refractivity contribution in [3.63, 3.8) is 0 Å². The highest BCUT2D eigenvalue weighted by Crippen LogP contribution is 2.33. The monoisotopic (exact) mass is 346 g/mol. The summed E-state index contributed by atoms with van der Waals surface area (Å²) in [6, 6.07) is 23.2. The number of fused-ring (bicyclic) bond motifs is 1. The lowest BCUT2D eigenvalue weighted by molar-refractivity contribution is -0.136. The van der Waals surface area contributed by atoms with Gasteiger partial charge in [-0.05, 0) is 42.0 Å². The van der Waals surface area contributed by atoms with Crippen LogP contribution in [0.25, 0.3) is 0 Å². The van der Waals surface area contributed by atoms with E-state index >= 15 is 0 Å². The van der Waals surface area contributed by atoms with Crippen LogP contribution in [0.4, 0.5) is 22.7 Å². The number of amides is 1. The zero-order valence-corrected chi connectivity index (χ0v) is 13.9. The smallest absolute Gasteiger partial charge is 0.267 e. The number of hydrogen-bond acceptors (Lipinski definition) is 5. The maximum atomic E-state index is 12.2. The van der Waals surface area contributed by atoms with Crippen LogP contribution >= 0.6 is 0 Å². The Morgan fingerprint density at radius 1 is 0.846 bits per heavy atom. The van der Waals surface area contributed by atoms with Gasteiger partial charge >= 0.3 is 0 Å². The van der Waals surface area contributed by atoms with Crippen LogP contribution in [-0.4, -0.2) is 16.3 Å². The van der Waals surface area contributed by atoms with Gasteiger partial charge in [0.1, 0.15) is 0 Å². The number of hydrazine groups is 1. The number of anilines is 4. The highest BCUT2D eigenvalue weighted by atomic mass is 16.5. The predicted octanol–water partition coefficient (Wildman–Crippen LogP) is 4.02. The van der Waals surface area contributed by atoms with E-state index in [0.29, 0.717) is 5.56 Å². The van der Waals surface area contributed by atoms with E-state index in [0.717, 1.165) is 33.5 Å². The van der Waals surface area contributed by atoms with Gasteiger partial charge in [-0.2, -0.15) is 0 Å². The molecule has 4 rings (SSSR count). The molecule has 26 heavy (non-hydrogen) atoms. The third kappa shape index (κ3) is 3.37. The zero-order valence-electron chi connectivity index (χ0n) is 13.9. The van der Waals surface area contributed by atoms with E-state index in [1.54, 1.807) is 6.07 Å². The number of carbonyl (C=O) groups is 1. The fourth-order valence-corrected chi connectivity index (χ4v) is 2.93. The molecular weight excluding hydrogens is 328 g/mol. The molecule has 6 heteroatoms. The highest BCUT2D eigenvalue weighted by molar-refractivity contribution is 5.99. The lowest BCUT2D eigenvalue weighted by Crippen LogP contribution is -2.43. The SMILES string of the molecule is O=C1NN(O)Cc2cc(Nc3ccccc3)c(Nc3ccccc3)cc21. The molecule has 0 unspecified atom stereocenters. The van der Waals surface area contributed by atoms with E-state index in [1.807, 2.05) is 66.7 Å². The molecule has 3 aromatic rings. The van der Waals surface area contributed by atoms with Crippen LogP contribution in [-0.2, 0) is 6.54 Å². The molecule has 0 bridgehead atoms. The summed E-state index contributed by atoms with van der Waals surface area (Å²) >= 11 is 0. The van der Waals surface area contributed by atoms with Crippen LogP contribution < -0.4 is 16.1 Å². The highest BCUT2D eigenvalue weighted by Gasteiger charge is 2.23. The van der Waals surface area contributed by atoms with Crippen molar-refractivity contribution in [2.45, 2.75) is 6.54 Å². The van der Waals surface area contributed by atoms with Crippen molar-refractivity contribution < 1.29 is 10.0 Å². The van der Waals surface area contributed by atoms with Gasteiger partial charge in [-0.1, -0.05) is 41.6 Å². The summed E-state index contributed by atoms with van der Waals surface area (Å²) in [5, 5.41) is 17.2. The van der Waals surface area contributed by atoms with Crippen molar-refractivity contribution >= 4 is 28.7 Å². The van der Waals surface area contributed by atoms with Crippen molar-refractivity contribution in [2.75, 3.05) is 10.6 Å². The fraction of sp³-hybridized carbons (Fsp3) is 0.0500. The minimum absolute atomic E-state index is 0.218. The van der Waals surface area contributed by atoms with Crippen LogP contribution in [0.15, 0.2) is 72.8 Å². The predicted molar refractivity (Wildman–Crippen MR) is 101 cm³/mol. The summed E-state index contributed by atoms with van der Waals surface area (Å²) in [4.78, 5) is 12.2. The maximum absolute atomic E-state index is 12.2. The average molecular weight is 346 g/mol. The summed E-state index contributed by atoms with van der Waals surface area (Å²) in [6.07, 6.45) is 0. The van der Waals surface area contributed by atoms with E-state index in [-0.39, 0.29) is 12.5 Å². The molecule has 0 saturated heterocycles. The van der Waals surface area contributed by atoms with Gasteiger partial charge in [0, 0.05) is 16.9 Å². The molecule has 6 nitrogen and oxygen atoms in total. The number of carbonyl (C=O) groups excluding carboxylic acids is 1. The normalized spacial score (nSPS) is 13.7. The fourth-order valence-electron chi connectivity index (χ4n) is 2.93. The van der Waals surface area contributed by atoms with Crippen molar-refractivity contribution in [3.05, 3.63) is 83.9 Å². The summed E-state index contributed by atoms with van der Waals surface area (Å²) < 4.78 is 0. The van der Waals surface area contributed by atoms with Gasteiger partial charge in [0.2, 0.25) is 0 Å². The standard InChI is InChI=1S/C20H18N4O2/c25-20-17-12-19(22-16-9-5-2-6-10-16)18(11-14(17)13-24(26)23-20)21-15-7-3-1-4-8-15/h1-12,21-22,26H,13H2,(H,23,25). The quantitative estimate of drug-likeness (QED) is 0.574. The number of hydroxylamine groups is 1. The number of nitrogens with one attached hydrogen (secondary N) is 3. The topological polar surface area (TPSA) is 76.6 Å². The van der Waals surface area contributed by atoms with Crippen LogP contribution in [0, 0.1) is 0 Å². The van der Waals surface area contributed by atoms with Gasteiger partial charge in [-0.15, -0.1) is 0 Å². The molecule has 130 valence electrons. The van der Waals surface area contributed by atoms with Crippen LogP contribution in [0.5, 0.6) is 0 Å². The molecule has 3 aromatic carbocycles. The molecular formula is C20H18N4O2. The minimum atomic E-state index is -0.337. The number of rotatable bonds is 4. The maximum Gasteiger partial charge on any atom is 0.267 e. The Morgan fingerprint density at radius 2 is 1.38 bits per heavy atom. The molecule has 0 spiro atoms. The molecule has 1 aliphatic heterocycles. The molecule has 1 amide bonds. The van der Waals surface area contributed by atoms with Crippen molar-refractivity contribution in [2.24, 2.45) is 0 Å². The molecule has 0 radical (unpaired) electrons. The van der Waals surface area contributed by atoms with Crippen molar-refractivity contribution in [1.82, 2.24) is 10.6 Å². The molecule has 0 atom stereocenters. The van der Waals surface area contributed by atoms with Crippen LogP contribution in [0.3, 0.4) is 0 Å². The van der Waals surface area contributed by atoms with Gasteiger partial charge in [0.15, 0.2) is 0 Å². The zero-order chi connectivity index (χ0) is 17.9. The molecule has 1 aliphatic rings. The van der Waals surface area contributed by atoms with Gasteiger partial charge < -0.3 is 10.6 Å². The Morgan fingerprint density at radius 3 is 1.96 bits per heavy atom. The molecule has 0 saturated carbocycles. The van der Waals surface area contributed by atoms with Crippen molar-refractivity contribution in [1.29, 1.82) is 0 Å². The third-order valence-corrected chi connectivity index (χ3v) is 4.14. The minimum Gasteiger partial charge on any atom is -0.354 e. The van der Waals surface area contributed by atoms with E-state index in [2.05, 4.69) is 16.1 Å². The summed E-state index contributed by atoms with van der Waals surface area (Å²) in [6.45, 7) is 0.218. The van der Waals surface area contributed by atoms with Crippen LogP contribution in [0.1, 0.15) is 15.9 Å². The number of para-hydroxylation sites is 2. The summed E-state index contributed by atoms with van der Waals surface area (Å²) in [5.41, 5.74) is 7.13. The molecule has 0 fully saturated rings. The summed E-state index contributed by atoms with van der Waals surface area (Å²) in [7, 11) is 0. The van der Waals surface area contributed by atoms with E-state index in [1.165, 1.54) is 0 Å². The molecule has 0 aliphatic carbocycles. The van der Waals surface area contributed by atoms with Gasteiger partial charge in [0.25, 0.3) is 5.91 Å². The summed E-state index contributed by atoms with van der Waals surface area (Å²) in [5.74, 6) is -0.337. The van der Waals surface area contributed by atoms with E-state index in [4.69, 9.17) is 0 Å². The Hall–Kier alpha value is -3.35. The van der Waals surface area contributed by atoms with Gasteiger partial charge in [-0.3, -0.25) is 15.4 Å². The molecule has 1 heterocycles. The van der Waals surface area contributed by atoms with E-state index < -0.39 is 0 Å². The van der Waals surface area contributed by atoms with Gasteiger partial charge in [0.05, 0.1) is 17.9 Å². The largest absolute Gasteiger partial charge is 0.354 e. The Kier molecular flexibility index (Phi) is 4.27. The second-order valence-corrected chi connectivity index (χ2v) is 6.04. The van der Waals surface area contributed by atoms with Gasteiger partial charge in [-0.25, -0.2) is 0 Å². The van der Waals surface area contributed by atoms with Crippen molar-refractivity contribution in [3.8, 4) is 0 Å². The first-order chi connectivity index (χ1) is 12.7. The lowest BCUT2D eigenvalue weighted by Gasteiger charge is -2.26. The molecule has 0 aromatic heterocycles. The second kappa shape index (κ2) is 6.87.